The molecule has 0 aromatic rings. The highest BCUT2D eigenvalue weighted by Crippen LogP contribution is 1.69. The highest BCUT2D eigenvalue weighted by molar-refractivity contribution is 7.79. The van der Waals surface area contributed by atoms with Crippen LogP contribution in [0, 0.1) is 0 Å². The van der Waals surface area contributed by atoms with Gasteiger partial charge in [0.1, 0.15) is 0 Å². The summed E-state index contributed by atoms with van der Waals surface area (Å²) in [5.74, 6) is 0. The fourth-order valence-electron chi connectivity index (χ4n) is 0.201. The molecule has 0 aliphatic rings. The van der Waals surface area contributed by atoms with Crippen molar-refractivity contribution in [3.63, 3.8) is 0 Å². The summed E-state index contributed by atoms with van der Waals surface area (Å²) in [5.41, 5.74) is 0. The van der Waals surface area contributed by atoms with Crippen molar-refractivity contribution in [1.29, 1.82) is 0 Å². The molecule has 76 valence electrons. The van der Waals surface area contributed by atoms with Gasteiger partial charge in [0.05, 0.1) is 6.61 Å². The molecular weight excluding hydrogens is 186 g/mol. The molecule has 5 N–H and O–H groups in total. The van der Waals surface area contributed by atoms with Crippen molar-refractivity contribution in [1.82, 2.24) is 6.15 Å². The highest BCUT2D eigenvalue weighted by Gasteiger charge is 1.84. The lowest BCUT2D eigenvalue weighted by Crippen LogP contribution is -1.89. The van der Waals surface area contributed by atoms with E-state index in [4.69, 9.17) is 22.3 Å². The molecule has 0 aliphatic carbocycles. The first-order valence-corrected chi connectivity index (χ1v) is 4.20. The van der Waals surface area contributed by atoms with E-state index >= 15 is 0 Å². The van der Waals surface area contributed by atoms with Crippen LogP contribution in [0.4, 0.5) is 0 Å². The molecule has 0 spiro atoms. The minimum absolute atomic E-state index is 0. The first-order valence-electron chi connectivity index (χ1n) is 2.80. The van der Waals surface area contributed by atoms with Gasteiger partial charge < -0.3 is 10.9 Å². The lowest BCUT2D eigenvalue weighted by atomic mass is 10.7. The molecule has 0 saturated carbocycles. The Morgan fingerprint density at radius 1 is 1.50 bits per heavy atom. The van der Waals surface area contributed by atoms with E-state index in [-0.39, 0.29) is 6.15 Å². The molecule has 0 rings (SSSR count). The fourth-order valence-corrected chi connectivity index (χ4v) is 0.201. The third-order valence-corrected chi connectivity index (χ3v) is 0.440. The van der Waals surface area contributed by atoms with Gasteiger partial charge in [0.15, 0.2) is 0 Å². The highest BCUT2D eigenvalue weighted by atomic mass is 32.3. The van der Waals surface area contributed by atoms with Crippen LogP contribution in [0.25, 0.3) is 0 Å². The zero-order valence-corrected chi connectivity index (χ0v) is 7.75. The molecular formula is C5H15NO5S. The maximum Gasteiger partial charge on any atom is 0.394 e. The van der Waals surface area contributed by atoms with Crippen LogP contribution in [-0.2, 0) is 15.1 Å². The molecule has 0 unspecified atom stereocenters. The number of hydrogen-bond acceptors (Lipinski definition) is 4. The van der Waals surface area contributed by atoms with Crippen LogP contribution in [0.1, 0.15) is 6.92 Å². The molecule has 6 nitrogen and oxygen atoms in total. The SMILES string of the molecule is C=CCOCC.N.O=S(=O)(O)O. The number of ether oxygens (including phenoxy) is 1. The summed E-state index contributed by atoms with van der Waals surface area (Å²) in [5, 5.41) is 0. The first-order chi connectivity index (χ1) is 4.91. The Morgan fingerprint density at radius 2 is 1.83 bits per heavy atom. The molecule has 0 fully saturated rings. The van der Waals surface area contributed by atoms with Crippen molar-refractivity contribution in [3.8, 4) is 0 Å². The van der Waals surface area contributed by atoms with Crippen LogP contribution in [-0.4, -0.2) is 30.7 Å². The molecule has 7 heteroatoms. The van der Waals surface area contributed by atoms with Gasteiger partial charge in [-0.15, -0.1) is 6.58 Å². The molecule has 0 atom stereocenters. The average molecular weight is 201 g/mol. The van der Waals surface area contributed by atoms with Gasteiger partial charge in [-0.05, 0) is 6.92 Å². The quantitative estimate of drug-likeness (QED) is 0.351. The van der Waals surface area contributed by atoms with E-state index in [2.05, 4.69) is 6.58 Å². The van der Waals surface area contributed by atoms with Crippen LogP contribution in [0.5, 0.6) is 0 Å². The van der Waals surface area contributed by atoms with Gasteiger partial charge >= 0.3 is 10.4 Å². The van der Waals surface area contributed by atoms with E-state index in [9.17, 15) is 0 Å². The van der Waals surface area contributed by atoms with E-state index in [1.165, 1.54) is 0 Å². The van der Waals surface area contributed by atoms with Crippen molar-refractivity contribution >= 4 is 10.4 Å². The molecule has 0 heterocycles. The maximum atomic E-state index is 8.74. The van der Waals surface area contributed by atoms with E-state index < -0.39 is 10.4 Å². The summed E-state index contributed by atoms with van der Waals surface area (Å²) >= 11 is 0. The molecule has 0 aliphatic heterocycles. The Hall–Kier alpha value is -0.470. The minimum atomic E-state index is -4.67. The number of rotatable bonds is 3. The Labute approximate surface area is 72.4 Å². The van der Waals surface area contributed by atoms with Gasteiger partial charge in [0.2, 0.25) is 0 Å². The fraction of sp³-hybridized carbons (Fsp3) is 0.600. The molecule has 0 aromatic heterocycles. The van der Waals surface area contributed by atoms with Gasteiger partial charge in [-0.25, -0.2) is 0 Å². The van der Waals surface area contributed by atoms with E-state index in [1.807, 2.05) is 6.92 Å². The van der Waals surface area contributed by atoms with Crippen LogP contribution >= 0.6 is 0 Å². The Kier molecular flexibility index (Phi) is 15.4. The van der Waals surface area contributed by atoms with Crippen molar-refractivity contribution < 1.29 is 22.3 Å². The summed E-state index contributed by atoms with van der Waals surface area (Å²) in [4.78, 5) is 0. The van der Waals surface area contributed by atoms with Crippen molar-refractivity contribution in [2.45, 2.75) is 6.92 Å². The third kappa shape index (κ3) is 108. The smallest absolute Gasteiger partial charge is 0.378 e. The second kappa shape index (κ2) is 10.5. The van der Waals surface area contributed by atoms with Gasteiger partial charge in [-0.1, -0.05) is 6.08 Å². The summed E-state index contributed by atoms with van der Waals surface area (Å²) in [6.07, 6.45) is 1.74. The molecule has 0 bridgehead atoms. The van der Waals surface area contributed by atoms with Crippen molar-refractivity contribution in [2.24, 2.45) is 0 Å². The van der Waals surface area contributed by atoms with Crippen LogP contribution in [0.2, 0.25) is 0 Å². The molecule has 0 radical (unpaired) electrons. The van der Waals surface area contributed by atoms with Gasteiger partial charge in [0.25, 0.3) is 0 Å². The summed E-state index contributed by atoms with van der Waals surface area (Å²) in [7, 11) is -4.67. The predicted octanol–water partition coefficient (Wildman–Crippen LogP) is 0.718. The van der Waals surface area contributed by atoms with Crippen molar-refractivity contribution in [2.75, 3.05) is 13.2 Å². The second-order valence-electron chi connectivity index (χ2n) is 1.40. The third-order valence-electron chi connectivity index (χ3n) is 0.440. The molecule has 0 aromatic carbocycles. The average Bonchev–Trinajstić information content (AvgIpc) is 1.79. The van der Waals surface area contributed by atoms with E-state index in [0.29, 0.717) is 6.61 Å². The molecule has 0 amide bonds. The minimum Gasteiger partial charge on any atom is -0.378 e. The van der Waals surface area contributed by atoms with Crippen LogP contribution in [0.3, 0.4) is 0 Å². The van der Waals surface area contributed by atoms with E-state index in [1.54, 1.807) is 6.08 Å². The second-order valence-corrected chi connectivity index (χ2v) is 2.29. The molecule has 0 saturated heterocycles. The predicted molar refractivity (Wildman–Crippen MR) is 45.9 cm³/mol. The van der Waals surface area contributed by atoms with Crippen LogP contribution < -0.4 is 6.15 Å². The Bertz CT molecular complexity index is 168. The lowest BCUT2D eigenvalue weighted by Gasteiger charge is -1.88. The standard InChI is InChI=1S/C5H10O.H3N.H2O4S/c1-3-5-6-4-2;;1-5(2,3)4/h3H,1,4-5H2,2H3;1H3;(H2,1,2,3,4). The topological polar surface area (TPSA) is 119 Å². The zero-order valence-electron chi connectivity index (χ0n) is 6.93. The molecule has 12 heavy (non-hydrogen) atoms. The summed E-state index contributed by atoms with van der Waals surface area (Å²) in [6, 6.07) is 0. The largest absolute Gasteiger partial charge is 0.394 e. The first kappa shape index (κ1) is 17.6. The van der Waals surface area contributed by atoms with Gasteiger partial charge in [-0.3, -0.25) is 9.11 Å². The zero-order chi connectivity index (χ0) is 9.33. The monoisotopic (exact) mass is 201 g/mol. The van der Waals surface area contributed by atoms with E-state index in [0.717, 1.165) is 6.61 Å². The summed E-state index contributed by atoms with van der Waals surface area (Å²) < 4.78 is 36.4. The normalized spacial score (nSPS) is 8.92. The summed E-state index contributed by atoms with van der Waals surface area (Å²) in [6.45, 7) is 6.90. The number of hydrogen-bond donors (Lipinski definition) is 3. The van der Waals surface area contributed by atoms with Crippen LogP contribution in [0.15, 0.2) is 12.7 Å². The Morgan fingerprint density at radius 3 is 1.92 bits per heavy atom. The lowest BCUT2D eigenvalue weighted by molar-refractivity contribution is 0.178. The van der Waals surface area contributed by atoms with Gasteiger partial charge in [-0.2, -0.15) is 8.42 Å². The Balaban J connectivity index is -0.000000126. The maximum absolute atomic E-state index is 8.74. The van der Waals surface area contributed by atoms with Crippen molar-refractivity contribution in [3.05, 3.63) is 12.7 Å². The van der Waals surface area contributed by atoms with Gasteiger partial charge in [0, 0.05) is 6.61 Å².